The van der Waals surface area contributed by atoms with Crippen LogP contribution < -0.4 is 4.74 Å². The van der Waals surface area contributed by atoms with Gasteiger partial charge in [-0.05, 0) is 24.3 Å². The van der Waals surface area contributed by atoms with Gasteiger partial charge in [0.2, 0.25) is 0 Å². The second-order valence-electron chi connectivity index (χ2n) is 5.91. The van der Waals surface area contributed by atoms with E-state index >= 15 is 0 Å². The number of carbonyl (C=O) groups is 2. The molecule has 0 amide bonds. The van der Waals surface area contributed by atoms with Crippen molar-refractivity contribution in [2.45, 2.75) is 4.90 Å². The van der Waals surface area contributed by atoms with Gasteiger partial charge in [-0.25, -0.2) is 0 Å². The van der Waals surface area contributed by atoms with Crippen molar-refractivity contribution in [3.8, 4) is 11.5 Å². The maximum atomic E-state index is 12.9. The molecule has 0 aliphatic heterocycles. The first-order chi connectivity index (χ1) is 12.9. The molecule has 7 heteroatoms. The fraction of sp³-hybridized carbons (Fsp3) is 0. The smallest absolute Gasteiger partial charge is 0.299 e. The average molecular weight is 380 g/mol. The van der Waals surface area contributed by atoms with E-state index < -0.39 is 26.6 Å². The van der Waals surface area contributed by atoms with Crippen LogP contribution >= 0.6 is 0 Å². The largest absolute Gasteiger partial charge is 0.456 e. The van der Waals surface area contributed by atoms with Crippen LogP contribution in [0.1, 0.15) is 31.8 Å². The van der Waals surface area contributed by atoms with Gasteiger partial charge in [0, 0.05) is 16.7 Å². The Labute approximate surface area is 154 Å². The second kappa shape index (κ2) is 6.15. The predicted molar refractivity (Wildman–Crippen MR) is 96.1 cm³/mol. The summed E-state index contributed by atoms with van der Waals surface area (Å²) in [6.07, 6.45) is 0. The number of para-hydroxylation sites is 1. The Morgan fingerprint density at radius 2 is 1.30 bits per heavy atom. The zero-order chi connectivity index (χ0) is 19.2. The van der Waals surface area contributed by atoms with Gasteiger partial charge in [0.25, 0.3) is 10.1 Å². The summed E-state index contributed by atoms with van der Waals surface area (Å²) in [7, 11) is -4.85. The highest BCUT2D eigenvalue weighted by Crippen LogP contribution is 2.38. The van der Waals surface area contributed by atoms with Crippen LogP contribution in [-0.4, -0.2) is 24.5 Å². The standard InChI is InChI=1S/C20H12O6S/c21-18-13-8-4-5-9-14(13)19(22)17-15(18)10-11-16(20(17)27(23,24)25)26-12-6-2-1-3-7-12/h1-11H,(H,23,24,25). The van der Waals surface area contributed by atoms with Crippen LogP contribution in [0.25, 0.3) is 0 Å². The normalized spacial score (nSPS) is 13.1. The molecule has 6 nitrogen and oxygen atoms in total. The molecule has 0 aromatic heterocycles. The molecule has 1 N–H and O–H groups in total. The molecule has 3 aromatic carbocycles. The van der Waals surface area contributed by atoms with Gasteiger partial charge in [-0.2, -0.15) is 8.42 Å². The zero-order valence-electron chi connectivity index (χ0n) is 13.7. The van der Waals surface area contributed by atoms with Gasteiger partial charge in [0.05, 0.1) is 5.56 Å². The van der Waals surface area contributed by atoms with Gasteiger partial charge < -0.3 is 4.74 Å². The molecule has 0 spiro atoms. The summed E-state index contributed by atoms with van der Waals surface area (Å²) < 4.78 is 39.5. The quantitative estimate of drug-likeness (QED) is 0.546. The number of hydrogen-bond donors (Lipinski definition) is 1. The maximum Gasteiger partial charge on any atom is 0.299 e. The minimum Gasteiger partial charge on any atom is -0.456 e. The summed E-state index contributed by atoms with van der Waals surface area (Å²) in [6, 6.07) is 17.0. The number of rotatable bonds is 3. The van der Waals surface area contributed by atoms with Crippen molar-refractivity contribution >= 4 is 21.7 Å². The van der Waals surface area contributed by atoms with Crippen molar-refractivity contribution < 1.29 is 27.3 Å². The number of ketones is 2. The van der Waals surface area contributed by atoms with Crippen LogP contribution in [0.5, 0.6) is 11.5 Å². The van der Waals surface area contributed by atoms with Crippen LogP contribution in [0.4, 0.5) is 0 Å². The molecule has 0 saturated heterocycles. The molecular formula is C20H12O6S. The molecule has 0 heterocycles. The van der Waals surface area contributed by atoms with Gasteiger partial charge >= 0.3 is 0 Å². The zero-order valence-corrected chi connectivity index (χ0v) is 14.6. The summed E-state index contributed by atoms with van der Waals surface area (Å²) >= 11 is 0. The Balaban J connectivity index is 1.98. The minimum atomic E-state index is -4.85. The highest BCUT2D eigenvalue weighted by molar-refractivity contribution is 7.86. The lowest BCUT2D eigenvalue weighted by atomic mass is 9.84. The van der Waals surface area contributed by atoms with Crippen molar-refractivity contribution in [2.75, 3.05) is 0 Å². The van der Waals surface area contributed by atoms with Crippen molar-refractivity contribution in [1.29, 1.82) is 0 Å². The molecule has 4 rings (SSSR count). The van der Waals surface area contributed by atoms with Crippen LogP contribution in [-0.2, 0) is 10.1 Å². The van der Waals surface area contributed by atoms with Crippen molar-refractivity contribution in [3.63, 3.8) is 0 Å². The van der Waals surface area contributed by atoms with E-state index in [2.05, 4.69) is 0 Å². The predicted octanol–water partition coefficient (Wildman–Crippen LogP) is 3.50. The van der Waals surface area contributed by atoms with Gasteiger partial charge in [-0.15, -0.1) is 0 Å². The summed E-state index contributed by atoms with van der Waals surface area (Å²) in [5.74, 6) is -1.07. The Kier molecular flexibility index (Phi) is 3.91. The topological polar surface area (TPSA) is 97.7 Å². The molecular weight excluding hydrogens is 368 g/mol. The highest BCUT2D eigenvalue weighted by atomic mass is 32.2. The molecule has 0 saturated carbocycles. The van der Waals surface area contributed by atoms with E-state index in [0.717, 1.165) is 0 Å². The van der Waals surface area contributed by atoms with Crippen LogP contribution in [0.2, 0.25) is 0 Å². The average Bonchev–Trinajstić information content (AvgIpc) is 2.65. The summed E-state index contributed by atoms with van der Waals surface area (Å²) in [4.78, 5) is 25.0. The SMILES string of the molecule is O=C1c2ccccc2C(=O)c2c1ccc(Oc1ccccc1)c2S(=O)(=O)O. The number of hydrogen-bond acceptors (Lipinski definition) is 5. The van der Waals surface area contributed by atoms with Gasteiger partial charge in [0.1, 0.15) is 16.4 Å². The third-order valence-corrected chi connectivity index (χ3v) is 5.16. The summed E-state index contributed by atoms with van der Waals surface area (Å²) in [5, 5.41) is 0. The third kappa shape index (κ3) is 2.83. The van der Waals surface area contributed by atoms with E-state index in [4.69, 9.17) is 4.74 Å². The van der Waals surface area contributed by atoms with Crippen LogP contribution in [0, 0.1) is 0 Å². The van der Waals surface area contributed by atoms with E-state index in [1.54, 1.807) is 42.5 Å². The molecule has 1 aliphatic carbocycles. The monoisotopic (exact) mass is 380 g/mol. The fourth-order valence-electron chi connectivity index (χ4n) is 3.09. The summed E-state index contributed by atoms with van der Waals surface area (Å²) in [6.45, 7) is 0. The van der Waals surface area contributed by atoms with E-state index in [1.807, 2.05) is 0 Å². The Bertz CT molecular complexity index is 1200. The first-order valence-electron chi connectivity index (χ1n) is 7.94. The van der Waals surface area contributed by atoms with Crippen LogP contribution in [0.15, 0.2) is 71.6 Å². The molecule has 27 heavy (non-hydrogen) atoms. The van der Waals surface area contributed by atoms with Gasteiger partial charge in [-0.3, -0.25) is 14.1 Å². The molecule has 3 aromatic rings. The summed E-state index contributed by atoms with van der Waals surface area (Å²) in [5.41, 5.74) is -0.203. The number of fused-ring (bicyclic) bond motifs is 2. The van der Waals surface area contributed by atoms with E-state index in [-0.39, 0.29) is 28.0 Å². The van der Waals surface area contributed by atoms with Gasteiger partial charge in [-0.1, -0.05) is 42.5 Å². The molecule has 0 fully saturated rings. The highest BCUT2D eigenvalue weighted by Gasteiger charge is 2.36. The van der Waals surface area contributed by atoms with Crippen molar-refractivity contribution in [3.05, 3.63) is 89.0 Å². The lowest BCUT2D eigenvalue weighted by Crippen LogP contribution is -2.24. The Morgan fingerprint density at radius 3 is 1.93 bits per heavy atom. The van der Waals surface area contributed by atoms with Gasteiger partial charge in [0.15, 0.2) is 11.6 Å². The fourth-order valence-corrected chi connectivity index (χ4v) is 3.91. The lowest BCUT2D eigenvalue weighted by Gasteiger charge is -2.21. The number of carbonyl (C=O) groups excluding carboxylic acids is 2. The molecule has 0 radical (unpaired) electrons. The first kappa shape index (κ1) is 17.1. The van der Waals surface area contributed by atoms with Crippen LogP contribution in [0.3, 0.4) is 0 Å². The molecule has 0 atom stereocenters. The number of benzene rings is 3. The van der Waals surface area contributed by atoms with Crippen molar-refractivity contribution in [2.24, 2.45) is 0 Å². The molecule has 1 aliphatic rings. The van der Waals surface area contributed by atoms with Crippen molar-refractivity contribution in [1.82, 2.24) is 0 Å². The second-order valence-corrected chi connectivity index (χ2v) is 7.27. The molecule has 0 bridgehead atoms. The van der Waals surface area contributed by atoms with E-state index in [0.29, 0.717) is 5.75 Å². The van der Waals surface area contributed by atoms with E-state index in [1.165, 1.54) is 24.3 Å². The first-order valence-corrected chi connectivity index (χ1v) is 9.38. The Hall–Kier alpha value is -3.29. The molecule has 134 valence electrons. The third-order valence-electron chi connectivity index (χ3n) is 4.24. The number of ether oxygens (including phenoxy) is 1. The molecule has 0 unspecified atom stereocenters. The van der Waals surface area contributed by atoms with E-state index in [9.17, 15) is 22.6 Å². The minimum absolute atomic E-state index is 0.0803. The maximum absolute atomic E-state index is 12.9. The Morgan fingerprint density at radius 1 is 0.704 bits per heavy atom. The lowest BCUT2D eigenvalue weighted by molar-refractivity contribution is 0.0976.